The number of ether oxygens (including phenoxy) is 2. The molecule has 1 fully saturated rings. The number of hydrogen-bond acceptors (Lipinski definition) is 7. The summed E-state index contributed by atoms with van der Waals surface area (Å²) in [5, 5.41) is 18.1. The normalized spacial score (nSPS) is 13.5. The molecule has 0 amide bonds. The number of rotatable bonds is 11. The monoisotopic (exact) mass is 603 g/mol. The summed E-state index contributed by atoms with van der Waals surface area (Å²) in [4.78, 5) is 7.07. The van der Waals surface area contributed by atoms with E-state index in [1.165, 1.54) is 5.56 Å². The molecule has 0 aliphatic carbocycles. The summed E-state index contributed by atoms with van der Waals surface area (Å²) in [7, 11) is 0. The molecule has 7 nitrogen and oxygen atoms in total. The Morgan fingerprint density at radius 3 is 2.50 bits per heavy atom. The molecule has 2 heterocycles. The van der Waals surface area contributed by atoms with Gasteiger partial charge in [0.05, 0.1) is 35.0 Å². The lowest BCUT2D eigenvalue weighted by atomic mass is 10.0. The van der Waals surface area contributed by atoms with Crippen LogP contribution in [0.5, 0.6) is 11.5 Å². The van der Waals surface area contributed by atoms with Crippen molar-refractivity contribution < 1.29 is 9.47 Å². The number of fused-ring (bicyclic) bond motifs is 1. The zero-order valence-electron chi connectivity index (χ0n) is 24.4. The maximum absolute atomic E-state index is 9.84. The van der Waals surface area contributed by atoms with Crippen molar-refractivity contribution in [3.8, 4) is 28.7 Å². The van der Waals surface area contributed by atoms with E-state index in [-0.39, 0.29) is 0 Å². The van der Waals surface area contributed by atoms with E-state index in [2.05, 4.69) is 63.0 Å². The number of pyridine rings is 1. The second-order valence-corrected chi connectivity index (χ2v) is 11.2. The van der Waals surface area contributed by atoms with E-state index in [1.54, 1.807) is 12.3 Å². The number of benzene rings is 4. The first-order valence-electron chi connectivity index (χ1n) is 14.9. The first-order valence-corrected chi connectivity index (χ1v) is 15.3. The third kappa shape index (κ3) is 7.36. The molecule has 2 N–H and O–H groups in total. The maximum atomic E-state index is 9.84. The Kier molecular flexibility index (Phi) is 9.66. The molecule has 0 unspecified atom stereocenters. The SMILES string of the molecule is N#Cc1cnc2cc(-c3ccc(CNCCCN4CCOCC4)cc3)ccc2c1Nc1ccc(Oc2ccccc2)c(Cl)c1. The molecule has 0 bridgehead atoms. The van der Waals surface area contributed by atoms with Gasteiger partial charge in [-0.15, -0.1) is 0 Å². The molecule has 0 spiro atoms. The molecular formula is C36H34ClN5O2. The van der Waals surface area contributed by atoms with Crippen molar-refractivity contribution in [2.75, 3.05) is 44.7 Å². The fourth-order valence-corrected chi connectivity index (χ4v) is 5.53. The van der Waals surface area contributed by atoms with Gasteiger partial charge in [-0.1, -0.05) is 66.2 Å². The lowest BCUT2D eigenvalue weighted by Crippen LogP contribution is -2.37. The molecule has 6 rings (SSSR count). The van der Waals surface area contributed by atoms with Crippen LogP contribution in [-0.2, 0) is 11.3 Å². The lowest BCUT2D eigenvalue weighted by molar-refractivity contribution is 0.0374. The highest BCUT2D eigenvalue weighted by atomic mass is 35.5. The molecule has 0 atom stereocenters. The fourth-order valence-electron chi connectivity index (χ4n) is 5.31. The van der Waals surface area contributed by atoms with E-state index in [1.807, 2.05) is 48.5 Å². The first-order chi connectivity index (χ1) is 21.7. The fraction of sp³-hybridized carbons (Fsp3) is 0.222. The molecule has 1 saturated heterocycles. The molecule has 5 aromatic rings. The van der Waals surface area contributed by atoms with Crippen LogP contribution in [0.3, 0.4) is 0 Å². The molecule has 1 aliphatic heterocycles. The van der Waals surface area contributed by atoms with Gasteiger partial charge in [0.25, 0.3) is 0 Å². The quantitative estimate of drug-likeness (QED) is 0.149. The predicted octanol–water partition coefficient (Wildman–Crippen LogP) is 7.77. The van der Waals surface area contributed by atoms with E-state index in [0.29, 0.717) is 27.8 Å². The smallest absolute Gasteiger partial charge is 0.146 e. The van der Waals surface area contributed by atoms with Gasteiger partial charge in [-0.3, -0.25) is 9.88 Å². The van der Waals surface area contributed by atoms with Gasteiger partial charge in [-0.25, -0.2) is 0 Å². The van der Waals surface area contributed by atoms with E-state index < -0.39 is 0 Å². The van der Waals surface area contributed by atoms with Crippen LogP contribution in [0.4, 0.5) is 11.4 Å². The van der Waals surface area contributed by atoms with Crippen LogP contribution in [0.15, 0.2) is 97.2 Å². The van der Waals surface area contributed by atoms with Crippen LogP contribution >= 0.6 is 11.6 Å². The van der Waals surface area contributed by atoms with Gasteiger partial charge in [0.1, 0.15) is 17.6 Å². The Morgan fingerprint density at radius 2 is 1.73 bits per heavy atom. The van der Waals surface area contributed by atoms with Crippen molar-refractivity contribution in [1.82, 2.24) is 15.2 Å². The number of para-hydroxylation sites is 1. The molecule has 0 saturated carbocycles. The lowest BCUT2D eigenvalue weighted by Gasteiger charge is -2.26. The summed E-state index contributed by atoms with van der Waals surface area (Å²) < 4.78 is 11.3. The van der Waals surface area contributed by atoms with Crippen molar-refractivity contribution in [1.29, 1.82) is 5.26 Å². The molecule has 44 heavy (non-hydrogen) atoms. The molecule has 8 heteroatoms. The zero-order chi connectivity index (χ0) is 30.1. The van der Waals surface area contributed by atoms with Crippen molar-refractivity contribution in [3.63, 3.8) is 0 Å². The number of hydrogen-bond donors (Lipinski definition) is 2. The second kappa shape index (κ2) is 14.3. The standard InChI is InChI=1S/C36H34ClN5O2/c37-33-22-30(12-14-35(33)44-31-5-2-1-3-6-31)41-36-29(23-38)25-40-34-21-28(11-13-32(34)36)27-9-7-26(8-10-27)24-39-15-4-16-42-17-19-43-20-18-42/h1-3,5-14,21-22,25,39H,4,15-20,24H2,(H,40,41). The van der Waals surface area contributed by atoms with E-state index >= 15 is 0 Å². The van der Waals surface area contributed by atoms with Gasteiger partial charge in [0.2, 0.25) is 0 Å². The Morgan fingerprint density at radius 1 is 0.932 bits per heavy atom. The highest BCUT2D eigenvalue weighted by Gasteiger charge is 2.13. The highest BCUT2D eigenvalue weighted by molar-refractivity contribution is 6.32. The minimum atomic E-state index is 0.452. The molecule has 222 valence electrons. The third-order valence-corrected chi connectivity index (χ3v) is 8.01. The van der Waals surface area contributed by atoms with Crippen LogP contribution in [0.1, 0.15) is 17.5 Å². The van der Waals surface area contributed by atoms with Crippen molar-refractivity contribution in [2.24, 2.45) is 0 Å². The molecule has 4 aromatic carbocycles. The number of nitriles is 1. The van der Waals surface area contributed by atoms with Gasteiger partial charge in [-0.2, -0.15) is 5.26 Å². The molecule has 1 aromatic heterocycles. The van der Waals surface area contributed by atoms with Crippen LogP contribution < -0.4 is 15.4 Å². The van der Waals surface area contributed by atoms with Gasteiger partial charge >= 0.3 is 0 Å². The van der Waals surface area contributed by atoms with Crippen LogP contribution in [0.2, 0.25) is 5.02 Å². The van der Waals surface area contributed by atoms with E-state index in [4.69, 9.17) is 21.1 Å². The van der Waals surface area contributed by atoms with Crippen LogP contribution in [0.25, 0.3) is 22.0 Å². The Labute approximate surface area is 263 Å². The minimum absolute atomic E-state index is 0.452. The summed E-state index contributed by atoms with van der Waals surface area (Å²) in [6.07, 6.45) is 2.74. The summed E-state index contributed by atoms with van der Waals surface area (Å²) >= 11 is 6.56. The summed E-state index contributed by atoms with van der Waals surface area (Å²) in [6, 6.07) is 32.0. The third-order valence-electron chi connectivity index (χ3n) is 7.71. The van der Waals surface area contributed by atoms with Crippen LogP contribution in [0, 0.1) is 11.3 Å². The second-order valence-electron chi connectivity index (χ2n) is 10.8. The largest absolute Gasteiger partial charge is 0.456 e. The summed E-state index contributed by atoms with van der Waals surface area (Å²) in [5.74, 6) is 1.26. The minimum Gasteiger partial charge on any atom is -0.456 e. The average Bonchev–Trinajstić information content (AvgIpc) is 3.07. The molecule has 0 radical (unpaired) electrons. The number of nitrogens with zero attached hydrogens (tertiary/aromatic N) is 3. The number of nitrogens with one attached hydrogen (secondary N) is 2. The Balaban J connectivity index is 1.12. The molecular weight excluding hydrogens is 570 g/mol. The predicted molar refractivity (Wildman–Crippen MR) is 177 cm³/mol. The topological polar surface area (TPSA) is 82.4 Å². The Bertz CT molecular complexity index is 1750. The number of morpholine rings is 1. The maximum Gasteiger partial charge on any atom is 0.146 e. The average molecular weight is 604 g/mol. The van der Waals surface area contributed by atoms with Gasteiger partial charge < -0.3 is 20.1 Å². The number of halogens is 1. The zero-order valence-corrected chi connectivity index (χ0v) is 25.2. The van der Waals surface area contributed by atoms with Crippen molar-refractivity contribution in [3.05, 3.63) is 113 Å². The van der Waals surface area contributed by atoms with Gasteiger partial charge in [0.15, 0.2) is 0 Å². The first kappa shape index (κ1) is 29.6. The Hall–Kier alpha value is -4.45. The van der Waals surface area contributed by atoms with E-state index in [0.717, 1.165) is 80.1 Å². The number of anilines is 2. The van der Waals surface area contributed by atoms with Gasteiger partial charge in [0, 0.05) is 36.9 Å². The molecule has 1 aliphatic rings. The van der Waals surface area contributed by atoms with Crippen LogP contribution in [-0.4, -0.2) is 49.3 Å². The summed E-state index contributed by atoms with van der Waals surface area (Å²) in [5.41, 5.74) is 6.11. The van der Waals surface area contributed by atoms with Gasteiger partial charge in [-0.05, 0) is 72.6 Å². The highest BCUT2D eigenvalue weighted by Crippen LogP contribution is 2.35. The number of aromatic nitrogens is 1. The van der Waals surface area contributed by atoms with Crippen molar-refractivity contribution in [2.45, 2.75) is 13.0 Å². The van der Waals surface area contributed by atoms with Crippen molar-refractivity contribution >= 4 is 33.9 Å². The summed E-state index contributed by atoms with van der Waals surface area (Å²) in [6.45, 7) is 6.73. The van der Waals surface area contributed by atoms with E-state index in [9.17, 15) is 5.26 Å².